The molecule has 0 N–H and O–H groups in total. The van der Waals surface area contributed by atoms with Crippen molar-refractivity contribution in [3.8, 4) is 11.7 Å². The van der Waals surface area contributed by atoms with E-state index in [9.17, 15) is 0 Å². The van der Waals surface area contributed by atoms with Crippen molar-refractivity contribution in [2.75, 3.05) is 0 Å². The van der Waals surface area contributed by atoms with Gasteiger partial charge >= 0.3 is 0 Å². The molecule has 11 heavy (non-hydrogen) atoms. The van der Waals surface area contributed by atoms with Gasteiger partial charge in [-0.05, 0) is 6.07 Å². The maximum Gasteiger partial charge on any atom is 0.296 e. The quantitative estimate of drug-likeness (QED) is 0.581. The summed E-state index contributed by atoms with van der Waals surface area (Å²) in [5.41, 5.74) is 0. The summed E-state index contributed by atoms with van der Waals surface area (Å²) in [4.78, 5) is 11.4. The average Bonchev–Trinajstić information content (AvgIpc) is 2.58. The van der Waals surface area contributed by atoms with Crippen molar-refractivity contribution in [3.63, 3.8) is 0 Å². The Morgan fingerprint density at radius 3 is 2.73 bits per heavy atom. The molecule has 0 bridgehead atoms. The lowest BCUT2D eigenvalue weighted by molar-refractivity contribution is 0.426. The molecule has 0 atom stereocenters. The SMILES string of the molecule is [c]1noc(-c2ncccn2)n1. The third-order valence-corrected chi connectivity index (χ3v) is 1.08. The topological polar surface area (TPSA) is 64.7 Å². The van der Waals surface area contributed by atoms with Gasteiger partial charge in [-0.3, -0.25) is 0 Å². The van der Waals surface area contributed by atoms with Gasteiger partial charge in [-0.15, -0.1) is 0 Å². The molecule has 2 aromatic rings. The van der Waals surface area contributed by atoms with Crippen molar-refractivity contribution < 1.29 is 4.52 Å². The number of hydrogen-bond donors (Lipinski definition) is 0. The van der Waals surface area contributed by atoms with Crippen LogP contribution in [0.25, 0.3) is 11.7 Å². The molecule has 0 fully saturated rings. The summed E-state index contributed by atoms with van der Waals surface area (Å²) >= 11 is 0. The van der Waals surface area contributed by atoms with E-state index < -0.39 is 0 Å². The molecule has 2 heterocycles. The second kappa shape index (κ2) is 2.45. The summed E-state index contributed by atoms with van der Waals surface area (Å²) in [5, 5.41) is 3.31. The molecule has 0 unspecified atom stereocenters. The van der Waals surface area contributed by atoms with E-state index in [2.05, 4.69) is 31.0 Å². The van der Waals surface area contributed by atoms with Crippen LogP contribution in [0.4, 0.5) is 0 Å². The van der Waals surface area contributed by atoms with Crippen LogP contribution in [-0.4, -0.2) is 20.1 Å². The monoisotopic (exact) mass is 147 g/mol. The highest BCUT2D eigenvalue weighted by Crippen LogP contribution is 2.06. The second-order valence-corrected chi connectivity index (χ2v) is 1.77. The molecule has 1 radical (unpaired) electrons. The molecule has 2 aromatic heterocycles. The molecule has 0 aliphatic rings. The highest BCUT2D eigenvalue weighted by Gasteiger charge is 2.04. The van der Waals surface area contributed by atoms with Gasteiger partial charge in [0.25, 0.3) is 5.89 Å². The second-order valence-electron chi connectivity index (χ2n) is 1.77. The maximum absolute atomic E-state index is 4.68. The molecule has 0 aromatic carbocycles. The zero-order valence-electron chi connectivity index (χ0n) is 5.43. The molecule has 0 saturated heterocycles. The number of aromatic nitrogens is 4. The fourth-order valence-electron chi connectivity index (χ4n) is 0.650. The zero-order valence-corrected chi connectivity index (χ0v) is 5.43. The first-order valence-corrected chi connectivity index (χ1v) is 2.94. The van der Waals surface area contributed by atoms with Gasteiger partial charge in [0, 0.05) is 12.4 Å². The molecule has 5 nitrogen and oxygen atoms in total. The van der Waals surface area contributed by atoms with Crippen LogP contribution in [0, 0.1) is 6.33 Å². The fraction of sp³-hybridized carbons (Fsp3) is 0. The van der Waals surface area contributed by atoms with E-state index in [-0.39, 0.29) is 5.89 Å². The highest BCUT2D eigenvalue weighted by molar-refractivity contribution is 5.36. The zero-order chi connectivity index (χ0) is 7.52. The van der Waals surface area contributed by atoms with E-state index in [0.717, 1.165) is 0 Å². The Morgan fingerprint density at radius 2 is 2.09 bits per heavy atom. The van der Waals surface area contributed by atoms with Crippen LogP contribution in [0.15, 0.2) is 23.0 Å². The Bertz CT molecular complexity index is 318. The van der Waals surface area contributed by atoms with Crippen LogP contribution in [0.2, 0.25) is 0 Å². The van der Waals surface area contributed by atoms with Crippen molar-refractivity contribution in [2.24, 2.45) is 0 Å². The Kier molecular flexibility index (Phi) is 1.33. The third kappa shape index (κ3) is 1.07. The lowest BCUT2D eigenvalue weighted by Crippen LogP contribution is -1.85. The predicted molar refractivity (Wildman–Crippen MR) is 34.2 cm³/mol. The first kappa shape index (κ1) is 5.96. The minimum absolute atomic E-state index is 0.283. The summed E-state index contributed by atoms with van der Waals surface area (Å²) < 4.78 is 4.68. The van der Waals surface area contributed by atoms with Crippen molar-refractivity contribution in [1.82, 2.24) is 20.1 Å². The number of nitrogens with zero attached hydrogens (tertiary/aromatic N) is 4. The van der Waals surface area contributed by atoms with Gasteiger partial charge in [0.15, 0.2) is 0 Å². The molecule has 53 valence electrons. The van der Waals surface area contributed by atoms with E-state index in [4.69, 9.17) is 0 Å². The largest absolute Gasteiger partial charge is 0.330 e. The molecule has 2 rings (SSSR count). The molecule has 0 amide bonds. The number of rotatable bonds is 1. The predicted octanol–water partition coefficient (Wildman–Crippen LogP) is 0.327. The molecule has 0 spiro atoms. The van der Waals surface area contributed by atoms with Crippen molar-refractivity contribution in [1.29, 1.82) is 0 Å². The van der Waals surface area contributed by atoms with Crippen LogP contribution in [0.5, 0.6) is 0 Å². The number of hydrogen-bond acceptors (Lipinski definition) is 5. The van der Waals surface area contributed by atoms with Gasteiger partial charge < -0.3 is 4.52 Å². The third-order valence-electron chi connectivity index (χ3n) is 1.08. The smallest absolute Gasteiger partial charge is 0.296 e. The summed E-state index contributed by atoms with van der Waals surface area (Å²) in [6.07, 6.45) is 5.49. The van der Waals surface area contributed by atoms with Crippen LogP contribution in [0.1, 0.15) is 0 Å². The summed E-state index contributed by atoms with van der Waals surface area (Å²) in [5.74, 6) is 0.701. The molecule has 0 saturated carbocycles. The van der Waals surface area contributed by atoms with Gasteiger partial charge in [0.2, 0.25) is 12.2 Å². The lowest BCUT2D eigenvalue weighted by atomic mass is 10.5. The van der Waals surface area contributed by atoms with E-state index in [1.165, 1.54) is 0 Å². The fourth-order valence-corrected chi connectivity index (χ4v) is 0.650. The first-order valence-electron chi connectivity index (χ1n) is 2.94. The summed E-state index contributed by atoms with van der Waals surface area (Å²) in [6, 6.07) is 1.71. The Morgan fingerprint density at radius 1 is 1.27 bits per heavy atom. The highest BCUT2D eigenvalue weighted by atomic mass is 16.5. The van der Waals surface area contributed by atoms with Gasteiger partial charge in [-0.1, -0.05) is 5.16 Å². The molecule has 0 aliphatic heterocycles. The average molecular weight is 147 g/mol. The van der Waals surface area contributed by atoms with Crippen molar-refractivity contribution in [2.45, 2.75) is 0 Å². The molecule has 5 heteroatoms. The molecule has 0 aliphatic carbocycles. The Labute approximate surface area is 62.1 Å². The van der Waals surface area contributed by atoms with Crippen LogP contribution < -0.4 is 0 Å². The van der Waals surface area contributed by atoms with Crippen LogP contribution >= 0.6 is 0 Å². The first-order chi connectivity index (χ1) is 5.47. The molecular weight excluding hydrogens is 144 g/mol. The minimum Gasteiger partial charge on any atom is -0.330 e. The van der Waals surface area contributed by atoms with Gasteiger partial charge in [-0.25, -0.2) is 9.97 Å². The lowest BCUT2D eigenvalue weighted by Gasteiger charge is -1.87. The van der Waals surface area contributed by atoms with E-state index >= 15 is 0 Å². The standard InChI is InChI=1S/C6H3N4O/c1-2-7-5(8-3-1)6-9-4-10-11-6/h1-3H. The van der Waals surface area contributed by atoms with E-state index in [1.54, 1.807) is 18.5 Å². The minimum atomic E-state index is 0.283. The normalized spacial score (nSPS) is 9.82. The van der Waals surface area contributed by atoms with E-state index in [0.29, 0.717) is 5.82 Å². The molecular formula is C6H3N4O. The van der Waals surface area contributed by atoms with E-state index in [1.807, 2.05) is 0 Å². The van der Waals surface area contributed by atoms with Crippen molar-refractivity contribution in [3.05, 3.63) is 24.8 Å². The van der Waals surface area contributed by atoms with Gasteiger partial charge in [-0.2, -0.15) is 4.98 Å². The van der Waals surface area contributed by atoms with Gasteiger partial charge in [0.1, 0.15) is 0 Å². The Hall–Kier alpha value is -1.78. The maximum atomic E-state index is 4.68. The van der Waals surface area contributed by atoms with Crippen LogP contribution in [0.3, 0.4) is 0 Å². The van der Waals surface area contributed by atoms with Gasteiger partial charge in [0.05, 0.1) is 0 Å². The van der Waals surface area contributed by atoms with Crippen LogP contribution in [-0.2, 0) is 0 Å². The Balaban J connectivity index is 2.46. The summed E-state index contributed by atoms with van der Waals surface area (Å²) in [7, 11) is 0. The van der Waals surface area contributed by atoms with Crippen molar-refractivity contribution >= 4 is 0 Å². The summed E-state index contributed by atoms with van der Waals surface area (Å²) in [6.45, 7) is 0.